The van der Waals surface area contributed by atoms with Gasteiger partial charge in [0, 0.05) is 30.3 Å². The van der Waals surface area contributed by atoms with Crippen molar-refractivity contribution in [2.24, 2.45) is 0 Å². The Morgan fingerprint density at radius 3 is 2.17 bits per heavy atom. The Kier molecular flexibility index (Phi) is 7.54. The second-order valence-corrected chi connectivity index (χ2v) is 5.77. The molecule has 0 spiro atoms. The number of hydrogen-bond donors (Lipinski definition) is 0. The Morgan fingerprint density at radius 1 is 0.957 bits per heavy atom. The van der Waals surface area contributed by atoms with Gasteiger partial charge in [-0.25, -0.2) is 0 Å². The Bertz CT molecular complexity index is 614. The first kappa shape index (κ1) is 19.5. The van der Waals surface area contributed by atoms with Gasteiger partial charge in [0.25, 0.3) is 0 Å². The monoisotopic (exact) mass is 348 g/mol. The van der Waals surface area contributed by atoms with Gasteiger partial charge in [0.05, 0.1) is 6.10 Å². The Hall–Kier alpha value is -1.58. The largest absolute Gasteiger partial charge is 2.00 e. The van der Waals surface area contributed by atoms with E-state index in [1.807, 2.05) is 44.2 Å². The fourth-order valence-electron chi connectivity index (χ4n) is 1.96. The number of rotatable bonds is 6. The zero-order chi connectivity index (χ0) is 16.1. The SMILES string of the molecule is CC(C)Oc1cc[c-]c(Oc2[c-]ccc(N(C)C(C)C)c2)c1.[V+2]. The molecule has 1 radical (unpaired) electrons. The van der Waals surface area contributed by atoms with E-state index in [9.17, 15) is 0 Å². The van der Waals surface area contributed by atoms with Gasteiger partial charge < -0.3 is 14.4 Å². The minimum absolute atomic E-state index is 0. The first-order chi connectivity index (χ1) is 10.5. The molecule has 0 aliphatic carbocycles. The van der Waals surface area contributed by atoms with Crippen LogP contribution in [-0.2, 0) is 18.6 Å². The van der Waals surface area contributed by atoms with E-state index in [-0.39, 0.29) is 24.7 Å². The van der Waals surface area contributed by atoms with Gasteiger partial charge in [-0.2, -0.15) is 12.1 Å². The van der Waals surface area contributed by atoms with Crippen LogP contribution in [0, 0.1) is 12.1 Å². The Balaban J connectivity index is 0.00000264. The molecule has 0 N–H and O–H groups in total. The molecule has 4 heteroatoms. The first-order valence-corrected chi connectivity index (χ1v) is 7.56. The van der Waals surface area contributed by atoms with Crippen LogP contribution >= 0.6 is 0 Å². The molecule has 0 saturated heterocycles. The normalized spacial score (nSPS) is 10.4. The van der Waals surface area contributed by atoms with Crippen LogP contribution in [0.1, 0.15) is 27.7 Å². The van der Waals surface area contributed by atoms with Gasteiger partial charge in [-0.3, -0.25) is 0 Å². The molecule has 0 amide bonds. The summed E-state index contributed by atoms with van der Waals surface area (Å²) in [6.07, 6.45) is 0.129. The maximum atomic E-state index is 5.85. The van der Waals surface area contributed by atoms with Crippen molar-refractivity contribution in [2.75, 3.05) is 11.9 Å². The fourth-order valence-corrected chi connectivity index (χ4v) is 1.96. The van der Waals surface area contributed by atoms with Gasteiger partial charge in [0.2, 0.25) is 0 Å². The van der Waals surface area contributed by atoms with Crippen molar-refractivity contribution in [3.63, 3.8) is 0 Å². The maximum Gasteiger partial charge on any atom is 2.00 e. The van der Waals surface area contributed by atoms with E-state index in [0.29, 0.717) is 17.5 Å². The van der Waals surface area contributed by atoms with Crippen LogP contribution in [0.3, 0.4) is 0 Å². The van der Waals surface area contributed by atoms with E-state index in [1.54, 1.807) is 6.07 Å². The summed E-state index contributed by atoms with van der Waals surface area (Å²) in [5.74, 6) is 2.07. The maximum absolute atomic E-state index is 5.85. The summed E-state index contributed by atoms with van der Waals surface area (Å²) < 4.78 is 11.5. The minimum Gasteiger partial charge on any atom is -0.516 e. The van der Waals surface area contributed by atoms with Crippen molar-refractivity contribution >= 4 is 5.69 Å². The molecule has 3 nitrogen and oxygen atoms in total. The van der Waals surface area contributed by atoms with Crippen molar-refractivity contribution in [1.82, 2.24) is 0 Å². The predicted molar refractivity (Wildman–Crippen MR) is 89.9 cm³/mol. The molecule has 0 unspecified atom stereocenters. The molecule has 0 saturated carbocycles. The van der Waals surface area contributed by atoms with Crippen molar-refractivity contribution < 1.29 is 28.0 Å². The average Bonchev–Trinajstić information content (AvgIpc) is 2.46. The summed E-state index contributed by atoms with van der Waals surface area (Å²) in [6, 6.07) is 18.0. The summed E-state index contributed by atoms with van der Waals surface area (Å²) in [4.78, 5) is 2.18. The predicted octanol–water partition coefficient (Wildman–Crippen LogP) is 4.71. The number of benzene rings is 2. The van der Waals surface area contributed by atoms with Crippen LogP contribution in [-0.4, -0.2) is 19.2 Å². The summed E-state index contributed by atoms with van der Waals surface area (Å²) in [5, 5.41) is 0. The molecular weight excluding hydrogens is 325 g/mol. The molecule has 0 heterocycles. The first-order valence-electron chi connectivity index (χ1n) is 7.56. The zero-order valence-corrected chi connectivity index (χ0v) is 15.7. The molecule has 23 heavy (non-hydrogen) atoms. The molecule has 121 valence electrons. The van der Waals surface area contributed by atoms with E-state index < -0.39 is 0 Å². The third kappa shape index (κ3) is 5.85. The van der Waals surface area contributed by atoms with E-state index in [4.69, 9.17) is 9.47 Å². The van der Waals surface area contributed by atoms with Crippen molar-refractivity contribution in [2.45, 2.75) is 39.8 Å². The molecule has 0 atom stereocenters. The fraction of sp³-hybridized carbons (Fsp3) is 0.368. The molecule has 2 aromatic carbocycles. The van der Waals surface area contributed by atoms with E-state index in [2.05, 4.69) is 37.9 Å². The molecule has 0 aliphatic heterocycles. The van der Waals surface area contributed by atoms with Crippen LogP contribution in [0.5, 0.6) is 17.2 Å². The summed E-state index contributed by atoms with van der Waals surface area (Å²) in [6.45, 7) is 8.29. The van der Waals surface area contributed by atoms with Crippen LogP contribution in [0.4, 0.5) is 5.69 Å². The van der Waals surface area contributed by atoms with Crippen LogP contribution < -0.4 is 14.4 Å². The Labute approximate surface area is 151 Å². The number of nitrogens with zero attached hydrogens (tertiary/aromatic N) is 1. The zero-order valence-electron chi connectivity index (χ0n) is 14.3. The number of ether oxygens (including phenoxy) is 2. The van der Waals surface area contributed by atoms with Gasteiger partial charge in [-0.1, -0.05) is 11.8 Å². The Morgan fingerprint density at radius 2 is 1.57 bits per heavy atom. The molecule has 2 rings (SSSR count). The number of hydrogen-bond acceptors (Lipinski definition) is 3. The van der Waals surface area contributed by atoms with Crippen LogP contribution in [0.15, 0.2) is 36.4 Å². The topological polar surface area (TPSA) is 21.7 Å². The third-order valence-corrected chi connectivity index (χ3v) is 3.28. The molecular formula is C19H23NO2V. The van der Waals surface area contributed by atoms with Gasteiger partial charge >= 0.3 is 18.6 Å². The third-order valence-electron chi connectivity index (χ3n) is 3.28. The minimum atomic E-state index is 0. The van der Waals surface area contributed by atoms with Gasteiger partial charge in [-0.15, -0.1) is 30.3 Å². The van der Waals surface area contributed by atoms with E-state index in [0.717, 1.165) is 11.4 Å². The summed E-state index contributed by atoms with van der Waals surface area (Å²) in [5.41, 5.74) is 1.10. The second-order valence-electron chi connectivity index (χ2n) is 5.77. The standard InChI is InChI=1S/C19H23NO2.V/c1-14(2)20(5)16-8-6-9-17(12-16)22-19-11-7-10-18(13-19)21-15(3)4;/h6-8,10,12-15H,1-5H3;/q-2;+2. The second kappa shape index (κ2) is 8.90. The molecule has 0 aromatic heterocycles. The van der Waals surface area contributed by atoms with Gasteiger partial charge in [-0.05, 0) is 27.7 Å². The average molecular weight is 348 g/mol. The number of anilines is 1. The molecule has 0 bridgehead atoms. The smallest absolute Gasteiger partial charge is 0.516 e. The van der Waals surface area contributed by atoms with Gasteiger partial charge in [0.15, 0.2) is 0 Å². The van der Waals surface area contributed by atoms with Crippen molar-refractivity contribution in [3.8, 4) is 17.2 Å². The summed E-state index contributed by atoms with van der Waals surface area (Å²) in [7, 11) is 2.06. The molecule has 0 fully saturated rings. The molecule has 2 aromatic rings. The quantitative estimate of drug-likeness (QED) is 0.706. The van der Waals surface area contributed by atoms with E-state index in [1.165, 1.54) is 0 Å². The van der Waals surface area contributed by atoms with Crippen molar-refractivity contribution in [1.29, 1.82) is 0 Å². The molecule has 0 aliphatic rings. The van der Waals surface area contributed by atoms with E-state index >= 15 is 0 Å². The van der Waals surface area contributed by atoms with Crippen LogP contribution in [0.2, 0.25) is 0 Å². The summed E-state index contributed by atoms with van der Waals surface area (Å²) >= 11 is 0. The van der Waals surface area contributed by atoms with Crippen LogP contribution in [0.25, 0.3) is 0 Å². The van der Waals surface area contributed by atoms with Gasteiger partial charge in [0.1, 0.15) is 0 Å². The van der Waals surface area contributed by atoms with Crippen molar-refractivity contribution in [3.05, 3.63) is 48.5 Å².